The van der Waals surface area contributed by atoms with Crippen LogP contribution in [0.15, 0.2) is 83.8 Å². The van der Waals surface area contributed by atoms with E-state index in [0.717, 1.165) is 10.6 Å². The lowest BCUT2D eigenvalue weighted by Gasteiger charge is -2.08. The van der Waals surface area contributed by atoms with Crippen LogP contribution >= 0.6 is 11.8 Å². The summed E-state index contributed by atoms with van der Waals surface area (Å²) in [5.74, 6) is -0.117. The molecule has 0 heterocycles. The first-order chi connectivity index (χ1) is 11.7. The van der Waals surface area contributed by atoms with E-state index in [1.54, 1.807) is 30.0 Å². The molecule has 0 aliphatic heterocycles. The predicted molar refractivity (Wildman–Crippen MR) is 96.8 cm³/mol. The van der Waals surface area contributed by atoms with Crippen molar-refractivity contribution in [2.45, 2.75) is 10.6 Å². The molecule has 0 aromatic heterocycles. The Labute approximate surface area is 144 Å². The number of carbonyl (C=O) groups is 1. The molecule has 0 saturated heterocycles. The molecule has 0 saturated carbocycles. The normalized spacial score (nSPS) is 10.4. The van der Waals surface area contributed by atoms with Gasteiger partial charge in [-0.1, -0.05) is 48.5 Å². The van der Waals surface area contributed by atoms with Crippen LogP contribution in [0.4, 0.5) is 10.1 Å². The number of hydrogen-bond donors (Lipinski definition) is 1. The number of halogens is 1. The van der Waals surface area contributed by atoms with E-state index in [1.165, 1.54) is 17.7 Å². The quantitative estimate of drug-likeness (QED) is 0.634. The zero-order valence-electron chi connectivity index (χ0n) is 12.9. The molecule has 0 aliphatic carbocycles. The Morgan fingerprint density at radius 2 is 1.67 bits per heavy atom. The van der Waals surface area contributed by atoms with Crippen LogP contribution in [0.2, 0.25) is 0 Å². The molecule has 4 heteroatoms. The minimum Gasteiger partial charge on any atom is -0.322 e. The average molecular weight is 337 g/mol. The van der Waals surface area contributed by atoms with Gasteiger partial charge in [-0.3, -0.25) is 4.79 Å². The highest BCUT2D eigenvalue weighted by Crippen LogP contribution is 2.25. The summed E-state index contributed by atoms with van der Waals surface area (Å²) in [6, 6.07) is 23.7. The van der Waals surface area contributed by atoms with Crippen LogP contribution in [-0.2, 0) is 5.75 Å². The fraction of sp³-hybridized carbons (Fsp3) is 0.0500. The van der Waals surface area contributed by atoms with Crippen molar-refractivity contribution in [1.29, 1.82) is 0 Å². The van der Waals surface area contributed by atoms with Gasteiger partial charge in [-0.2, -0.15) is 0 Å². The SMILES string of the molecule is O=C(Nc1cccc(SCc2ccccc2)c1)c1ccccc1F. The fourth-order valence-corrected chi connectivity index (χ4v) is 3.16. The molecule has 0 unspecified atom stereocenters. The second kappa shape index (κ2) is 7.79. The van der Waals surface area contributed by atoms with Gasteiger partial charge in [0.05, 0.1) is 5.56 Å². The highest BCUT2D eigenvalue weighted by molar-refractivity contribution is 7.98. The largest absolute Gasteiger partial charge is 0.322 e. The molecule has 1 N–H and O–H groups in total. The molecular formula is C20H16FNOS. The number of rotatable bonds is 5. The fourth-order valence-electron chi connectivity index (χ4n) is 2.25. The molecule has 0 fully saturated rings. The second-order valence-corrected chi connectivity index (χ2v) is 6.28. The zero-order valence-corrected chi connectivity index (χ0v) is 13.7. The Morgan fingerprint density at radius 1 is 0.917 bits per heavy atom. The van der Waals surface area contributed by atoms with Crippen molar-refractivity contribution in [1.82, 2.24) is 0 Å². The maximum atomic E-state index is 13.7. The van der Waals surface area contributed by atoms with Crippen LogP contribution in [0, 0.1) is 5.82 Å². The third-order valence-corrected chi connectivity index (χ3v) is 4.52. The van der Waals surface area contributed by atoms with Crippen LogP contribution in [0.25, 0.3) is 0 Å². The topological polar surface area (TPSA) is 29.1 Å². The number of hydrogen-bond acceptors (Lipinski definition) is 2. The number of anilines is 1. The van der Waals surface area contributed by atoms with E-state index in [4.69, 9.17) is 0 Å². The van der Waals surface area contributed by atoms with Crippen LogP contribution in [0.3, 0.4) is 0 Å². The minimum atomic E-state index is -0.524. The van der Waals surface area contributed by atoms with E-state index in [0.29, 0.717) is 5.69 Å². The van der Waals surface area contributed by atoms with Gasteiger partial charge in [-0.15, -0.1) is 11.8 Å². The van der Waals surface area contributed by atoms with Crippen molar-refractivity contribution in [2.75, 3.05) is 5.32 Å². The molecule has 1 amide bonds. The summed E-state index contributed by atoms with van der Waals surface area (Å²) in [6.45, 7) is 0. The van der Waals surface area contributed by atoms with Gasteiger partial charge in [0.25, 0.3) is 5.91 Å². The maximum absolute atomic E-state index is 13.7. The first-order valence-electron chi connectivity index (χ1n) is 7.55. The predicted octanol–water partition coefficient (Wildman–Crippen LogP) is 5.37. The lowest BCUT2D eigenvalue weighted by molar-refractivity contribution is 0.102. The highest BCUT2D eigenvalue weighted by Gasteiger charge is 2.11. The second-order valence-electron chi connectivity index (χ2n) is 5.24. The van der Waals surface area contributed by atoms with Gasteiger partial charge in [-0.05, 0) is 35.9 Å². The summed E-state index contributed by atoms with van der Waals surface area (Å²) in [7, 11) is 0. The summed E-state index contributed by atoms with van der Waals surface area (Å²) in [6.07, 6.45) is 0. The van der Waals surface area contributed by atoms with Crippen LogP contribution in [0.1, 0.15) is 15.9 Å². The molecule has 3 rings (SSSR count). The first-order valence-corrected chi connectivity index (χ1v) is 8.53. The number of amides is 1. The Balaban J connectivity index is 1.67. The van der Waals surface area contributed by atoms with Crippen molar-refractivity contribution in [3.63, 3.8) is 0 Å². The van der Waals surface area contributed by atoms with Gasteiger partial charge in [0, 0.05) is 16.3 Å². The molecule has 0 radical (unpaired) electrons. The average Bonchev–Trinajstić information content (AvgIpc) is 2.61. The van der Waals surface area contributed by atoms with E-state index in [-0.39, 0.29) is 5.56 Å². The minimum absolute atomic E-state index is 0.0415. The Kier molecular flexibility index (Phi) is 5.29. The van der Waals surface area contributed by atoms with E-state index < -0.39 is 11.7 Å². The van der Waals surface area contributed by atoms with Gasteiger partial charge < -0.3 is 5.32 Å². The Morgan fingerprint density at radius 3 is 2.46 bits per heavy atom. The monoisotopic (exact) mass is 337 g/mol. The molecule has 120 valence electrons. The van der Waals surface area contributed by atoms with Crippen molar-refractivity contribution >= 4 is 23.4 Å². The zero-order chi connectivity index (χ0) is 16.8. The van der Waals surface area contributed by atoms with Crippen LogP contribution in [-0.4, -0.2) is 5.91 Å². The smallest absolute Gasteiger partial charge is 0.258 e. The molecule has 3 aromatic carbocycles. The summed E-state index contributed by atoms with van der Waals surface area (Å²) in [5, 5.41) is 2.75. The van der Waals surface area contributed by atoms with Crippen molar-refractivity contribution < 1.29 is 9.18 Å². The summed E-state index contributed by atoms with van der Waals surface area (Å²) >= 11 is 1.69. The maximum Gasteiger partial charge on any atom is 0.258 e. The molecule has 0 spiro atoms. The van der Waals surface area contributed by atoms with Gasteiger partial charge in [0.15, 0.2) is 0 Å². The van der Waals surface area contributed by atoms with Gasteiger partial charge >= 0.3 is 0 Å². The standard InChI is InChI=1S/C20H16FNOS/c21-19-12-5-4-11-18(19)20(23)22-16-9-6-10-17(13-16)24-14-15-7-2-1-3-8-15/h1-13H,14H2,(H,22,23). The van der Waals surface area contributed by atoms with Crippen LogP contribution < -0.4 is 5.32 Å². The van der Waals surface area contributed by atoms with Gasteiger partial charge in [0.2, 0.25) is 0 Å². The van der Waals surface area contributed by atoms with E-state index in [2.05, 4.69) is 17.4 Å². The molecule has 24 heavy (non-hydrogen) atoms. The number of thioether (sulfide) groups is 1. The summed E-state index contributed by atoms with van der Waals surface area (Å²) in [4.78, 5) is 13.2. The van der Waals surface area contributed by atoms with Gasteiger partial charge in [0.1, 0.15) is 5.82 Å². The van der Waals surface area contributed by atoms with E-state index >= 15 is 0 Å². The third-order valence-electron chi connectivity index (χ3n) is 3.46. The number of benzene rings is 3. The lowest BCUT2D eigenvalue weighted by atomic mass is 10.2. The molecule has 2 nitrogen and oxygen atoms in total. The molecule has 0 bridgehead atoms. The Hall–Kier alpha value is -2.59. The van der Waals surface area contributed by atoms with Crippen LogP contribution in [0.5, 0.6) is 0 Å². The third kappa shape index (κ3) is 4.24. The molecular weight excluding hydrogens is 321 g/mol. The van der Waals surface area contributed by atoms with Crippen molar-refractivity contribution in [3.8, 4) is 0 Å². The van der Waals surface area contributed by atoms with E-state index in [1.807, 2.05) is 36.4 Å². The number of nitrogens with one attached hydrogen (secondary N) is 1. The highest BCUT2D eigenvalue weighted by atomic mass is 32.2. The lowest BCUT2D eigenvalue weighted by Crippen LogP contribution is -2.13. The Bertz CT molecular complexity index is 836. The number of carbonyl (C=O) groups excluding carboxylic acids is 1. The molecule has 0 atom stereocenters. The van der Waals surface area contributed by atoms with E-state index in [9.17, 15) is 9.18 Å². The first kappa shape index (κ1) is 16.3. The summed E-state index contributed by atoms with van der Waals surface area (Å²) < 4.78 is 13.7. The van der Waals surface area contributed by atoms with Gasteiger partial charge in [-0.25, -0.2) is 4.39 Å². The van der Waals surface area contributed by atoms with Crippen molar-refractivity contribution in [2.24, 2.45) is 0 Å². The summed E-state index contributed by atoms with van der Waals surface area (Å²) in [5.41, 5.74) is 1.93. The van der Waals surface area contributed by atoms with Crippen molar-refractivity contribution in [3.05, 3.63) is 95.8 Å². The molecule has 3 aromatic rings. The molecule has 0 aliphatic rings.